The summed E-state index contributed by atoms with van der Waals surface area (Å²) in [5.74, 6) is 0.254. The van der Waals surface area contributed by atoms with Crippen molar-refractivity contribution >= 4 is 5.97 Å². The van der Waals surface area contributed by atoms with Crippen molar-refractivity contribution in [3.05, 3.63) is 35.4 Å². The standard InChI is InChI=1S/C14H20O2/c1-5-11(4)16-14(15)13-8-6-12(7-9-13)10(2)3/h6-11H,5H2,1-4H3/t11-/m0/s1. The summed E-state index contributed by atoms with van der Waals surface area (Å²) < 4.78 is 5.25. The highest BCUT2D eigenvalue weighted by molar-refractivity contribution is 5.89. The van der Waals surface area contributed by atoms with Crippen molar-refractivity contribution in [1.82, 2.24) is 0 Å². The Kier molecular flexibility index (Phi) is 4.53. The van der Waals surface area contributed by atoms with E-state index in [9.17, 15) is 4.79 Å². The number of hydrogen-bond acceptors (Lipinski definition) is 2. The molecule has 0 radical (unpaired) electrons. The van der Waals surface area contributed by atoms with Gasteiger partial charge in [0.15, 0.2) is 0 Å². The number of ether oxygens (including phenoxy) is 1. The molecule has 1 rings (SSSR count). The van der Waals surface area contributed by atoms with Gasteiger partial charge in [-0.25, -0.2) is 4.79 Å². The van der Waals surface area contributed by atoms with Crippen LogP contribution < -0.4 is 0 Å². The minimum absolute atomic E-state index is 0.0164. The molecular weight excluding hydrogens is 200 g/mol. The Bertz CT molecular complexity index is 338. The van der Waals surface area contributed by atoms with Gasteiger partial charge in [0.1, 0.15) is 0 Å². The first-order valence-corrected chi connectivity index (χ1v) is 5.85. The molecule has 2 nitrogen and oxygen atoms in total. The van der Waals surface area contributed by atoms with Crippen LogP contribution >= 0.6 is 0 Å². The maximum absolute atomic E-state index is 11.7. The van der Waals surface area contributed by atoms with Gasteiger partial charge in [0, 0.05) is 0 Å². The number of benzene rings is 1. The van der Waals surface area contributed by atoms with Crippen LogP contribution in [0, 0.1) is 0 Å². The zero-order valence-electron chi connectivity index (χ0n) is 10.5. The summed E-state index contributed by atoms with van der Waals surface area (Å²) in [4.78, 5) is 11.7. The van der Waals surface area contributed by atoms with E-state index in [1.807, 2.05) is 38.1 Å². The minimum atomic E-state index is -0.232. The molecule has 0 fully saturated rings. The van der Waals surface area contributed by atoms with Gasteiger partial charge in [-0.1, -0.05) is 32.9 Å². The predicted molar refractivity (Wildman–Crippen MR) is 65.7 cm³/mol. The minimum Gasteiger partial charge on any atom is -0.459 e. The molecule has 1 atom stereocenters. The normalized spacial score (nSPS) is 12.6. The number of rotatable bonds is 4. The summed E-state index contributed by atoms with van der Waals surface area (Å²) in [7, 11) is 0. The highest BCUT2D eigenvalue weighted by Crippen LogP contribution is 2.15. The summed E-state index contributed by atoms with van der Waals surface area (Å²) in [6.07, 6.45) is 0.827. The van der Waals surface area contributed by atoms with Gasteiger partial charge in [-0.15, -0.1) is 0 Å². The van der Waals surface area contributed by atoms with Gasteiger partial charge in [-0.05, 0) is 37.0 Å². The van der Waals surface area contributed by atoms with Crippen LogP contribution in [0.2, 0.25) is 0 Å². The molecule has 0 aromatic heterocycles. The van der Waals surface area contributed by atoms with Crippen molar-refractivity contribution in [2.24, 2.45) is 0 Å². The molecule has 0 aliphatic rings. The van der Waals surface area contributed by atoms with E-state index in [0.29, 0.717) is 11.5 Å². The Labute approximate surface area is 97.6 Å². The molecule has 0 heterocycles. The van der Waals surface area contributed by atoms with Crippen molar-refractivity contribution < 1.29 is 9.53 Å². The molecule has 88 valence electrons. The van der Waals surface area contributed by atoms with Crippen LogP contribution in [0.4, 0.5) is 0 Å². The zero-order valence-corrected chi connectivity index (χ0v) is 10.5. The SMILES string of the molecule is CC[C@H](C)OC(=O)c1ccc(C(C)C)cc1. The number of carbonyl (C=O) groups excluding carboxylic acids is 1. The summed E-state index contributed by atoms with van der Waals surface area (Å²) in [6, 6.07) is 7.63. The molecule has 0 saturated heterocycles. The number of carbonyl (C=O) groups is 1. The van der Waals surface area contributed by atoms with Crippen molar-refractivity contribution in [3.8, 4) is 0 Å². The van der Waals surface area contributed by atoms with E-state index in [4.69, 9.17) is 4.74 Å². The molecule has 0 bridgehead atoms. The molecule has 1 aromatic rings. The van der Waals surface area contributed by atoms with Crippen molar-refractivity contribution in [1.29, 1.82) is 0 Å². The molecule has 2 heteroatoms. The van der Waals surface area contributed by atoms with E-state index in [1.54, 1.807) is 0 Å². The molecule has 0 saturated carbocycles. The predicted octanol–water partition coefficient (Wildman–Crippen LogP) is 3.77. The fraction of sp³-hybridized carbons (Fsp3) is 0.500. The first-order chi connectivity index (χ1) is 7.54. The van der Waals surface area contributed by atoms with Crippen LogP contribution in [-0.2, 0) is 4.74 Å². The van der Waals surface area contributed by atoms with Crippen molar-refractivity contribution in [3.63, 3.8) is 0 Å². The van der Waals surface area contributed by atoms with E-state index < -0.39 is 0 Å². The summed E-state index contributed by atoms with van der Waals surface area (Å²) >= 11 is 0. The van der Waals surface area contributed by atoms with Crippen LogP contribution in [-0.4, -0.2) is 12.1 Å². The molecule has 1 aromatic carbocycles. The third kappa shape index (κ3) is 3.37. The molecule has 16 heavy (non-hydrogen) atoms. The Balaban J connectivity index is 2.70. The first-order valence-electron chi connectivity index (χ1n) is 5.85. The maximum Gasteiger partial charge on any atom is 0.338 e. The summed E-state index contributed by atoms with van der Waals surface area (Å²) in [6.45, 7) is 8.17. The fourth-order valence-electron chi connectivity index (χ4n) is 1.34. The lowest BCUT2D eigenvalue weighted by molar-refractivity contribution is 0.0334. The third-order valence-corrected chi connectivity index (χ3v) is 2.70. The monoisotopic (exact) mass is 220 g/mol. The van der Waals surface area contributed by atoms with Gasteiger partial charge in [0.05, 0.1) is 11.7 Å². The van der Waals surface area contributed by atoms with Gasteiger partial charge in [0.2, 0.25) is 0 Å². The van der Waals surface area contributed by atoms with Crippen LogP contribution in [0.25, 0.3) is 0 Å². The maximum atomic E-state index is 11.7. The Morgan fingerprint density at radius 3 is 2.19 bits per heavy atom. The van der Waals surface area contributed by atoms with Crippen LogP contribution in [0.5, 0.6) is 0 Å². The number of esters is 1. The molecular formula is C14H20O2. The first kappa shape index (κ1) is 12.8. The lowest BCUT2D eigenvalue weighted by Crippen LogP contribution is -2.13. The molecule has 0 spiro atoms. The third-order valence-electron chi connectivity index (χ3n) is 2.70. The van der Waals surface area contributed by atoms with E-state index in [-0.39, 0.29) is 12.1 Å². The molecule has 0 aliphatic heterocycles. The van der Waals surface area contributed by atoms with E-state index in [1.165, 1.54) is 5.56 Å². The smallest absolute Gasteiger partial charge is 0.338 e. The van der Waals surface area contributed by atoms with Crippen LogP contribution in [0.1, 0.15) is 56.0 Å². The Morgan fingerprint density at radius 1 is 1.19 bits per heavy atom. The summed E-state index contributed by atoms with van der Waals surface area (Å²) in [5, 5.41) is 0. The second kappa shape index (κ2) is 5.69. The molecule has 0 aliphatic carbocycles. The van der Waals surface area contributed by atoms with Gasteiger partial charge in [-0.2, -0.15) is 0 Å². The average Bonchev–Trinajstić information content (AvgIpc) is 2.28. The quantitative estimate of drug-likeness (QED) is 0.722. The topological polar surface area (TPSA) is 26.3 Å². The Hall–Kier alpha value is -1.31. The molecule has 0 N–H and O–H groups in total. The van der Waals surface area contributed by atoms with Gasteiger partial charge in [0.25, 0.3) is 0 Å². The second-order valence-corrected chi connectivity index (χ2v) is 4.40. The lowest BCUT2D eigenvalue weighted by atomic mass is 10.0. The van der Waals surface area contributed by atoms with Crippen molar-refractivity contribution in [2.75, 3.05) is 0 Å². The molecule has 0 amide bonds. The lowest BCUT2D eigenvalue weighted by Gasteiger charge is -2.11. The largest absolute Gasteiger partial charge is 0.459 e. The highest BCUT2D eigenvalue weighted by Gasteiger charge is 2.10. The molecule has 0 unspecified atom stereocenters. The van der Waals surface area contributed by atoms with E-state index in [0.717, 1.165) is 6.42 Å². The summed E-state index contributed by atoms with van der Waals surface area (Å²) in [5.41, 5.74) is 1.87. The van der Waals surface area contributed by atoms with E-state index >= 15 is 0 Å². The Morgan fingerprint density at radius 2 is 1.75 bits per heavy atom. The van der Waals surface area contributed by atoms with Gasteiger partial charge >= 0.3 is 5.97 Å². The fourth-order valence-corrected chi connectivity index (χ4v) is 1.34. The van der Waals surface area contributed by atoms with Gasteiger partial charge < -0.3 is 4.74 Å². The highest BCUT2D eigenvalue weighted by atomic mass is 16.5. The van der Waals surface area contributed by atoms with Crippen molar-refractivity contribution in [2.45, 2.75) is 46.1 Å². The van der Waals surface area contributed by atoms with Gasteiger partial charge in [-0.3, -0.25) is 0 Å². The van der Waals surface area contributed by atoms with E-state index in [2.05, 4.69) is 13.8 Å². The second-order valence-electron chi connectivity index (χ2n) is 4.40. The number of hydrogen-bond donors (Lipinski definition) is 0. The van der Waals surface area contributed by atoms with Crippen LogP contribution in [0.3, 0.4) is 0 Å². The zero-order chi connectivity index (χ0) is 12.1. The van der Waals surface area contributed by atoms with Crippen LogP contribution in [0.15, 0.2) is 24.3 Å². The average molecular weight is 220 g/mol.